The molecule has 2 aromatic rings. The van der Waals surface area contributed by atoms with Gasteiger partial charge in [0.15, 0.2) is 12.7 Å². The van der Waals surface area contributed by atoms with Crippen LogP contribution >= 0.6 is 31.9 Å². The number of hydrazine groups is 1. The summed E-state index contributed by atoms with van der Waals surface area (Å²) in [6.07, 6.45) is -0.774. The Morgan fingerprint density at radius 2 is 1.69 bits per heavy atom. The predicted octanol–water partition coefficient (Wildman–Crippen LogP) is 4.64. The summed E-state index contributed by atoms with van der Waals surface area (Å²) < 4.78 is 12.8. The molecule has 0 heterocycles. The largest absolute Gasteiger partial charge is 0.482 e. The van der Waals surface area contributed by atoms with E-state index < -0.39 is 17.9 Å². The van der Waals surface area contributed by atoms with E-state index in [0.29, 0.717) is 17.4 Å². The molecule has 2 aromatic carbocycles. The summed E-state index contributed by atoms with van der Waals surface area (Å²) in [5, 5.41) is 0. The minimum atomic E-state index is -0.774. The van der Waals surface area contributed by atoms with Gasteiger partial charge in [-0.15, -0.1) is 0 Å². The number of amides is 2. The molecule has 0 fully saturated rings. The van der Waals surface area contributed by atoms with Gasteiger partial charge in [-0.25, -0.2) is 0 Å². The fourth-order valence-electron chi connectivity index (χ4n) is 2.47. The van der Waals surface area contributed by atoms with Crippen molar-refractivity contribution in [2.24, 2.45) is 0 Å². The standard InChI is InChI=1S/C21H24Br2N2O4/c1-12(2)15-5-7-17(8-6-15)29-14(4)21(27)25-24-19(26)11-28-20-13(3)9-16(22)10-18(20)23/h5-10,12,14H,11H2,1-4H3,(H,24,26)(H,25,27). The Morgan fingerprint density at radius 3 is 2.28 bits per heavy atom. The second-order valence-corrected chi connectivity index (χ2v) is 8.61. The van der Waals surface area contributed by atoms with E-state index in [2.05, 4.69) is 56.6 Å². The van der Waals surface area contributed by atoms with Crippen molar-refractivity contribution < 1.29 is 19.1 Å². The van der Waals surface area contributed by atoms with Crippen LogP contribution in [0.2, 0.25) is 0 Å². The molecular formula is C21H24Br2N2O4. The zero-order chi connectivity index (χ0) is 21.6. The number of carbonyl (C=O) groups excluding carboxylic acids is 2. The van der Waals surface area contributed by atoms with Gasteiger partial charge in [0.2, 0.25) is 0 Å². The number of rotatable bonds is 7. The topological polar surface area (TPSA) is 76.7 Å². The van der Waals surface area contributed by atoms with E-state index in [9.17, 15) is 9.59 Å². The molecule has 6 nitrogen and oxygen atoms in total. The van der Waals surface area contributed by atoms with Gasteiger partial charge < -0.3 is 9.47 Å². The van der Waals surface area contributed by atoms with Gasteiger partial charge in [0.25, 0.3) is 11.8 Å². The van der Waals surface area contributed by atoms with E-state index in [0.717, 1.165) is 14.5 Å². The molecule has 0 aromatic heterocycles. The molecule has 2 N–H and O–H groups in total. The molecule has 2 rings (SSSR count). The first-order valence-corrected chi connectivity index (χ1v) is 10.7. The maximum absolute atomic E-state index is 12.1. The average Bonchev–Trinajstić information content (AvgIpc) is 2.65. The number of hydrogen-bond donors (Lipinski definition) is 2. The number of ether oxygens (including phenoxy) is 2. The van der Waals surface area contributed by atoms with Crippen molar-refractivity contribution in [3.63, 3.8) is 0 Å². The van der Waals surface area contributed by atoms with Crippen LogP contribution in [0.5, 0.6) is 11.5 Å². The summed E-state index contributed by atoms with van der Waals surface area (Å²) in [7, 11) is 0. The maximum Gasteiger partial charge on any atom is 0.279 e. The monoisotopic (exact) mass is 526 g/mol. The Morgan fingerprint density at radius 1 is 1.03 bits per heavy atom. The summed E-state index contributed by atoms with van der Waals surface area (Å²) in [5.74, 6) is 0.621. The molecule has 0 saturated carbocycles. The first kappa shape index (κ1) is 23.2. The van der Waals surface area contributed by atoms with E-state index in [-0.39, 0.29) is 6.61 Å². The molecule has 2 amide bonds. The van der Waals surface area contributed by atoms with E-state index in [1.54, 1.807) is 6.92 Å². The highest BCUT2D eigenvalue weighted by molar-refractivity contribution is 9.11. The minimum Gasteiger partial charge on any atom is -0.482 e. The number of benzene rings is 2. The van der Waals surface area contributed by atoms with E-state index in [1.807, 2.05) is 43.3 Å². The first-order valence-electron chi connectivity index (χ1n) is 9.11. The summed E-state index contributed by atoms with van der Waals surface area (Å²) in [5.41, 5.74) is 6.73. The zero-order valence-electron chi connectivity index (χ0n) is 16.7. The minimum absolute atomic E-state index is 0.243. The number of halogens is 2. The van der Waals surface area contributed by atoms with Crippen LogP contribution in [0.4, 0.5) is 0 Å². The van der Waals surface area contributed by atoms with Crippen LogP contribution in [0, 0.1) is 6.92 Å². The Kier molecular flexibility index (Phi) is 8.52. The van der Waals surface area contributed by atoms with Crippen molar-refractivity contribution in [1.29, 1.82) is 0 Å². The van der Waals surface area contributed by atoms with E-state index in [1.165, 1.54) is 5.56 Å². The molecule has 156 valence electrons. The summed E-state index contributed by atoms with van der Waals surface area (Å²) in [6.45, 7) is 7.45. The fourth-order valence-corrected chi connectivity index (χ4v) is 4.02. The van der Waals surface area contributed by atoms with Gasteiger partial charge in [-0.2, -0.15) is 0 Å². The second-order valence-electron chi connectivity index (χ2n) is 6.84. The molecule has 29 heavy (non-hydrogen) atoms. The summed E-state index contributed by atoms with van der Waals surface area (Å²) >= 11 is 6.79. The van der Waals surface area contributed by atoms with Crippen LogP contribution in [-0.2, 0) is 9.59 Å². The highest BCUT2D eigenvalue weighted by Crippen LogP contribution is 2.32. The molecule has 8 heteroatoms. The van der Waals surface area contributed by atoms with Crippen molar-refractivity contribution in [2.45, 2.75) is 39.7 Å². The van der Waals surface area contributed by atoms with Crippen molar-refractivity contribution in [3.8, 4) is 11.5 Å². The van der Waals surface area contributed by atoms with E-state index in [4.69, 9.17) is 9.47 Å². The molecular weight excluding hydrogens is 504 g/mol. The van der Waals surface area contributed by atoms with Gasteiger partial charge in [0.05, 0.1) is 4.47 Å². The van der Waals surface area contributed by atoms with Crippen LogP contribution in [-0.4, -0.2) is 24.5 Å². The SMILES string of the molecule is Cc1cc(Br)cc(Br)c1OCC(=O)NNC(=O)C(C)Oc1ccc(C(C)C)cc1. The maximum atomic E-state index is 12.1. The number of hydrogen-bond acceptors (Lipinski definition) is 4. The van der Waals surface area contributed by atoms with Crippen molar-refractivity contribution in [1.82, 2.24) is 10.9 Å². The van der Waals surface area contributed by atoms with Crippen molar-refractivity contribution in [2.75, 3.05) is 6.61 Å². The van der Waals surface area contributed by atoms with Gasteiger partial charge >= 0.3 is 0 Å². The Hall–Kier alpha value is -2.06. The number of aryl methyl sites for hydroxylation is 1. The average molecular weight is 528 g/mol. The smallest absolute Gasteiger partial charge is 0.279 e. The summed E-state index contributed by atoms with van der Waals surface area (Å²) in [6, 6.07) is 11.3. The van der Waals surface area contributed by atoms with Gasteiger partial charge in [0, 0.05) is 4.47 Å². The van der Waals surface area contributed by atoms with Crippen LogP contribution < -0.4 is 20.3 Å². The van der Waals surface area contributed by atoms with Crippen molar-refractivity contribution in [3.05, 3.63) is 56.5 Å². The second kappa shape index (κ2) is 10.6. The van der Waals surface area contributed by atoms with Crippen LogP contribution in [0.3, 0.4) is 0 Å². The lowest BCUT2D eigenvalue weighted by Gasteiger charge is -2.16. The molecule has 0 aliphatic heterocycles. The molecule has 1 unspecified atom stereocenters. The highest BCUT2D eigenvalue weighted by atomic mass is 79.9. The molecule has 0 spiro atoms. The third kappa shape index (κ3) is 7.04. The van der Waals surface area contributed by atoms with Crippen LogP contribution in [0.25, 0.3) is 0 Å². The third-order valence-electron chi connectivity index (χ3n) is 4.10. The third-order valence-corrected chi connectivity index (χ3v) is 5.14. The predicted molar refractivity (Wildman–Crippen MR) is 119 cm³/mol. The number of carbonyl (C=O) groups is 2. The lowest BCUT2D eigenvalue weighted by atomic mass is 10.0. The quantitative estimate of drug-likeness (QED) is 0.514. The lowest BCUT2D eigenvalue weighted by Crippen LogP contribution is -2.48. The van der Waals surface area contributed by atoms with Crippen LogP contribution in [0.15, 0.2) is 45.3 Å². The van der Waals surface area contributed by atoms with Crippen LogP contribution in [0.1, 0.15) is 37.8 Å². The molecule has 0 saturated heterocycles. The highest BCUT2D eigenvalue weighted by Gasteiger charge is 2.16. The van der Waals surface area contributed by atoms with Gasteiger partial charge in [0.1, 0.15) is 11.5 Å². The Balaban J connectivity index is 1.79. The molecule has 0 radical (unpaired) electrons. The van der Waals surface area contributed by atoms with Crippen molar-refractivity contribution >= 4 is 43.7 Å². The molecule has 0 bridgehead atoms. The van der Waals surface area contributed by atoms with Gasteiger partial charge in [-0.3, -0.25) is 20.4 Å². The van der Waals surface area contributed by atoms with Gasteiger partial charge in [-0.1, -0.05) is 41.9 Å². The molecule has 0 aliphatic rings. The Bertz CT molecular complexity index is 846. The zero-order valence-corrected chi connectivity index (χ0v) is 19.9. The van der Waals surface area contributed by atoms with Gasteiger partial charge in [-0.05, 0) is 71.1 Å². The molecule has 0 aliphatic carbocycles. The lowest BCUT2D eigenvalue weighted by molar-refractivity contribution is -0.133. The normalized spacial score (nSPS) is 11.7. The fraction of sp³-hybridized carbons (Fsp3) is 0.333. The Labute approximate surface area is 187 Å². The summed E-state index contributed by atoms with van der Waals surface area (Å²) in [4.78, 5) is 24.1. The molecule has 1 atom stereocenters. The number of nitrogens with one attached hydrogen (secondary N) is 2. The van der Waals surface area contributed by atoms with E-state index >= 15 is 0 Å². The first-order chi connectivity index (χ1) is 13.7.